The minimum Gasteiger partial charge on any atom is -0.395 e. The topological polar surface area (TPSA) is 57.6 Å². The maximum absolute atomic E-state index is 11.3. The smallest absolute Gasteiger partial charge is 0.175 e. The first-order chi connectivity index (χ1) is 7.86. The van der Waals surface area contributed by atoms with Crippen LogP contribution in [0.2, 0.25) is 0 Å². The van der Waals surface area contributed by atoms with E-state index in [1.807, 2.05) is 18.7 Å². The number of anilines is 1. The number of benzene rings is 1. The highest BCUT2D eigenvalue weighted by molar-refractivity contribution is 7.90. The molecule has 0 aromatic heterocycles. The van der Waals surface area contributed by atoms with Crippen LogP contribution in [0.4, 0.5) is 5.69 Å². The Labute approximate surface area is 103 Å². The number of hydrogen-bond acceptors (Lipinski definition) is 4. The molecule has 0 aliphatic heterocycles. The van der Waals surface area contributed by atoms with Gasteiger partial charge in [-0.05, 0) is 38.1 Å². The van der Waals surface area contributed by atoms with E-state index in [1.165, 1.54) is 6.26 Å². The second-order valence-corrected chi connectivity index (χ2v) is 6.29. The zero-order valence-electron chi connectivity index (χ0n) is 10.4. The summed E-state index contributed by atoms with van der Waals surface area (Å²) in [6.45, 7) is 4.67. The maximum Gasteiger partial charge on any atom is 0.175 e. The molecule has 0 spiro atoms. The van der Waals surface area contributed by atoms with Gasteiger partial charge in [-0.2, -0.15) is 0 Å². The zero-order valence-corrected chi connectivity index (χ0v) is 11.2. The van der Waals surface area contributed by atoms with E-state index in [0.29, 0.717) is 11.4 Å². The normalized spacial score (nSPS) is 11.8. The van der Waals surface area contributed by atoms with Crippen LogP contribution in [0.3, 0.4) is 0 Å². The molecule has 4 nitrogen and oxygen atoms in total. The molecule has 0 fully saturated rings. The molecule has 0 saturated heterocycles. The molecule has 17 heavy (non-hydrogen) atoms. The molecular weight excluding hydrogens is 238 g/mol. The van der Waals surface area contributed by atoms with Crippen LogP contribution < -0.4 is 4.90 Å². The van der Waals surface area contributed by atoms with Crippen LogP contribution in [0.15, 0.2) is 29.2 Å². The van der Waals surface area contributed by atoms with E-state index < -0.39 is 9.84 Å². The van der Waals surface area contributed by atoms with Crippen LogP contribution >= 0.6 is 0 Å². The third-order valence-electron chi connectivity index (χ3n) is 2.56. The summed E-state index contributed by atoms with van der Waals surface area (Å²) >= 11 is 0. The van der Waals surface area contributed by atoms with Gasteiger partial charge < -0.3 is 10.0 Å². The van der Waals surface area contributed by atoms with Gasteiger partial charge in [-0.3, -0.25) is 0 Å². The first-order valence-corrected chi connectivity index (χ1v) is 7.43. The summed E-state index contributed by atoms with van der Waals surface area (Å²) in [4.78, 5) is 2.33. The highest BCUT2D eigenvalue weighted by Crippen LogP contribution is 2.19. The van der Waals surface area contributed by atoms with Crippen LogP contribution in [-0.2, 0) is 9.84 Å². The molecule has 0 aliphatic carbocycles. The van der Waals surface area contributed by atoms with E-state index in [-0.39, 0.29) is 12.6 Å². The molecule has 1 aromatic carbocycles. The standard InChI is InChI=1S/C12H19NO3S/c1-10(2)13(8-9-14)11-4-6-12(7-5-11)17(3,15)16/h4-7,10,14H,8-9H2,1-3H3. The Hall–Kier alpha value is -1.07. The van der Waals surface area contributed by atoms with Gasteiger partial charge in [0, 0.05) is 24.5 Å². The molecule has 1 aromatic rings. The fourth-order valence-electron chi connectivity index (χ4n) is 1.68. The minimum absolute atomic E-state index is 0.0754. The fourth-order valence-corrected chi connectivity index (χ4v) is 2.31. The van der Waals surface area contributed by atoms with E-state index in [9.17, 15) is 8.42 Å². The van der Waals surface area contributed by atoms with Crippen molar-refractivity contribution in [2.75, 3.05) is 24.3 Å². The molecular formula is C12H19NO3S. The van der Waals surface area contributed by atoms with Crippen LogP contribution in [-0.4, -0.2) is 39.0 Å². The Morgan fingerprint density at radius 2 is 1.76 bits per heavy atom. The number of hydrogen-bond donors (Lipinski definition) is 1. The monoisotopic (exact) mass is 257 g/mol. The molecule has 0 atom stereocenters. The van der Waals surface area contributed by atoms with Crippen molar-refractivity contribution in [1.82, 2.24) is 0 Å². The predicted molar refractivity (Wildman–Crippen MR) is 69.1 cm³/mol. The molecule has 0 aliphatic rings. The van der Waals surface area contributed by atoms with Gasteiger partial charge >= 0.3 is 0 Å². The minimum atomic E-state index is -3.15. The molecule has 0 bridgehead atoms. The lowest BCUT2D eigenvalue weighted by Crippen LogP contribution is -2.33. The summed E-state index contributed by atoms with van der Waals surface area (Å²) in [5, 5.41) is 8.99. The largest absolute Gasteiger partial charge is 0.395 e. The van der Waals surface area contributed by atoms with E-state index in [2.05, 4.69) is 0 Å². The van der Waals surface area contributed by atoms with E-state index >= 15 is 0 Å². The second-order valence-electron chi connectivity index (χ2n) is 4.28. The van der Waals surface area contributed by atoms with Gasteiger partial charge in [0.05, 0.1) is 11.5 Å². The highest BCUT2D eigenvalue weighted by Gasteiger charge is 2.11. The number of sulfone groups is 1. The summed E-state index contributed by atoms with van der Waals surface area (Å²) in [7, 11) is -3.15. The summed E-state index contributed by atoms with van der Waals surface area (Å²) in [5.74, 6) is 0. The molecule has 1 N–H and O–H groups in total. The van der Waals surface area contributed by atoms with Gasteiger partial charge in [0.1, 0.15) is 0 Å². The Balaban J connectivity index is 3.00. The third kappa shape index (κ3) is 3.71. The van der Waals surface area contributed by atoms with Gasteiger partial charge in [-0.25, -0.2) is 8.42 Å². The van der Waals surface area contributed by atoms with Gasteiger partial charge in [-0.1, -0.05) is 0 Å². The number of nitrogens with zero attached hydrogens (tertiary/aromatic N) is 1. The zero-order chi connectivity index (χ0) is 13.1. The van der Waals surface area contributed by atoms with Gasteiger partial charge in [0.2, 0.25) is 0 Å². The van der Waals surface area contributed by atoms with Crippen LogP contribution in [0, 0.1) is 0 Å². The fraction of sp³-hybridized carbons (Fsp3) is 0.500. The molecule has 0 amide bonds. The van der Waals surface area contributed by atoms with Crippen molar-refractivity contribution in [3.05, 3.63) is 24.3 Å². The first kappa shape index (κ1) is 14.0. The quantitative estimate of drug-likeness (QED) is 0.863. The van der Waals surface area contributed by atoms with E-state index in [1.54, 1.807) is 24.3 Å². The SMILES string of the molecule is CC(C)N(CCO)c1ccc(S(C)(=O)=O)cc1. The van der Waals surface area contributed by atoms with Crippen molar-refractivity contribution in [2.45, 2.75) is 24.8 Å². The highest BCUT2D eigenvalue weighted by atomic mass is 32.2. The van der Waals surface area contributed by atoms with Crippen molar-refractivity contribution in [3.8, 4) is 0 Å². The lowest BCUT2D eigenvalue weighted by molar-refractivity contribution is 0.299. The summed E-state index contributed by atoms with van der Waals surface area (Å²) in [6.07, 6.45) is 1.19. The number of aliphatic hydroxyl groups excluding tert-OH is 1. The van der Waals surface area contributed by atoms with Crippen molar-refractivity contribution in [2.24, 2.45) is 0 Å². The summed E-state index contributed by atoms with van der Waals surface area (Å²) < 4.78 is 22.6. The van der Waals surface area contributed by atoms with Crippen LogP contribution in [0.5, 0.6) is 0 Å². The lowest BCUT2D eigenvalue weighted by Gasteiger charge is -2.28. The molecule has 0 heterocycles. The molecule has 0 unspecified atom stereocenters. The molecule has 0 saturated carbocycles. The first-order valence-electron chi connectivity index (χ1n) is 5.54. The van der Waals surface area contributed by atoms with Crippen molar-refractivity contribution in [3.63, 3.8) is 0 Å². The maximum atomic E-state index is 11.3. The van der Waals surface area contributed by atoms with Crippen molar-refractivity contribution in [1.29, 1.82) is 0 Å². The second kappa shape index (κ2) is 5.51. The average Bonchev–Trinajstić information content (AvgIpc) is 2.24. The molecule has 96 valence electrons. The molecule has 1 rings (SSSR count). The summed E-state index contributed by atoms with van der Waals surface area (Å²) in [6, 6.07) is 6.98. The van der Waals surface area contributed by atoms with E-state index in [0.717, 1.165) is 5.69 Å². The average molecular weight is 257 g/mol. The molecule has 0 radical (unpaired) electrons. The summed E-state index contributed by atoms with van der Waals surface area (Å²) in [5.41, 5.74) is 0.918. The number of rotatable bonds is 5. The Morgan fingerprint density at radius 1 is 1.24 bits per heavy atom. The van der Waals surface area contributed by atoms with Crippen LogP contribution in [0.1, 0.15) is 13.8 Å². The Morgan fingerprint density at radius 3 is 2.12 bits per heavy atom. The van der Waals surface area contributed by atoms with Crippen molar-refractivity contribution >= 4 is 15.5 Å². The number of aliphatic hydroxyl groups is 1. The van der Waals surface area contributed by atoms with Crippen LogP contribution in [0.25, 0.3) is 0 Å². The van der Waals surface area contributed by atoms with Crippen molar-refractivity contribution < 1.29 is 13.5 Å². The third-order valence-corrected chi connectivity index (χ3v) is 3.69. The Kier molecular flexibility index (Phi) is 4.54. The van der Waals surface area contributed by atoms with Gasteiger partial charge in [0.15, 0.2) is 9.84 Å². The molecule has 5 heteroatoms. The van der Waals surface area contributed by atoms with Gasteiger partial charge in [0.25, 0.3) is 0 Å². The van der Waals surface area contributed by atoms with Gasteiger partial charge in [-0.15, -0.1) is 0 Å². The van der Waals surface area contributed by atoms with E-state index in [4.69, 9.17) is 5.11 Å². The Bertz CT molecular complexity index is 451. The predicted octanol–water partition coefficient (Wildman–Crippen LogP) is 1.30. The lowest BCUT2D eigenvalue weighted by atomic mass is 10.2.